The molecule has 2 amide bonds. The highest BCUT2D eigenvalue weighted by atomic mass is 16.7. The van der Waals surface area contributed by atoms with Crippen LogP contribution in [0.5, 0.6) is 0 Å². The summed E-state index contributed by atoms with van der Waals surface area (Å²) in [4.78, 5) is 51.4. The van der Waals surface area contributed by atoms with Crippen LogP contribution < -0.4 is 11.0 Å². The van der Waals surface area contributed by atoms with Gasteiger partial charge in [0.1, 0.15) is 0 Å². The van der Waals surface area contributed by atoms with E-state index in [-0.39, 0.29) is 12.8 Å². The number of rotatable bonds is 5. The molecule has 0 saturated heterocycles. The summed E-state index contributed by atoms with van der Waals surface area (Å²) in [5.74, 6) is -2.09. The zero-order chi connectivity index (χ0) is 14.0. The highest BCUT2D eigenvalue weighted by Crippen LogP contribution is 1.99. The first kappa shape index (κ1) is 15.9. The van der Waals surface area contributed by atoms with E-state index in [1.807, 2.05) is 11.0 Å². The molecular formula is C10H16N2O6. The summed E-state index contributed by atoms with van der Waals surface area (Å²) in [6, 6.07) is 0. The van der Waals surface area contributed by atoms with Gasteiger partial charge in [-0.3, -0.25) is 19.2 Å². The van der Waals surface area contributed by atoms with Crippen molar-refractivity contribution >= 4 is 23.8 Å². The Hall–Kier alpha value is -2.12. The predicted molar refractivity (Wildman–Crippen MR) is 58.3 cm³/mol. The Morgan fingerprint density at radius 2 is 1.11 bits per heavy atom. The van der Waals surface area contributed by atoms with Gasteiger partial charge in [0.05, 0.1) is 0 Å². The number of nitrogens with one attached hydrogen (secondary N) is 2. The normalized spacial score (nSPS) is 9.22. The van der Waals surface area contributed by atoms with Crippen molar-refractivity contribution in [1.82, 2.24) is 11.0 Å². The lowest BCUT2D eigenvalue weighted by Gasteiger charge is -2.04. The maximum Gasteiger partial charge on any atom is 0.329 e. The Bertz CT molecular complexity index is 296. The summed E-state index contributed by atoms with van der Waals surface area (Å²) in [6.45, 7) is 2.33. The quantitative estimate of drug-likeness (QED) is 0.520. The number of unbranched alkanes of at least 4 members (excludes halogenated alkanes) is 1. The van der Waals surface area contributed by atoms with E-state index in [0.29, 0.717) is 12.8 Å². The fourth-order valence-electron chi connectivity index (χ4n) is 0.931. The number of hydrogen-bond donors (Lipinski definition) is 2. The number of hydroxylamine groups is 2. The second kappa shape index (κ2) is 8.97. The number of carbonyl (C=O) groups excluding carboxylic acids is 4. The SMILES string of the molecule is CC(=O)ONC(=O)CCCCC(=O)NOC(C)=O. The summed E-state index contributed by atoms with van der Waals surface area (Å²) in [5.41, 5.74) is 3.90. The van der Waals surface area contributed by atoms with Gasteiger partial charge in [-0.05, 0) is 12.8 Å². The van der Waals surface area contributed by atoms with Gasteiger partial charge in [-0.2, -0.15) is 11.0 Å². The van der Waals surface area contributed by atoms with Gasteiger partial charge in [-0.25, -0.2) is 0 Å². The molecule has 0 aromatic heterocycles. The van der Waals surface area contributed by atoms with E-state index in [4.69, 9.17) is 0 Å². The summed E-state index contributed by atoms with van der Waals surface area (Å²) in [7, 11) is 0. The van der Waals surface area contributed by atoms with Crippen molar-refractivity contribution in [2.24, 2.45) is 0 Å². The van der Waals surface area contributed by atoms with Crippen LogP contribution in [-0.4, -0.2) is 23.8 Å². The molecule has 0 bridgehead atoms. The van der Waals surface area contributed by atoms with Gasteiger partial charge in [0.2, 0.25) is 0 Å². The number of amides is 2. The Morgan fingerprint density at radius 1 is 0.778 bits per heavy atom. The Balaban J connectivity index is 3.49. The van der Waals surface area contributed by atoms with Gasteiger partial charge in [0.15, 0.2) is 0 Å². The molecule has 0 saturated carbocycles. The molecule has 0 aliphatic carbocycles. The maximum absolute atomic E-state index is 11.0. The van der Waals surface area contributed by atoms with Crippen molar-refractivity contribution in [3.63, 3.8) is 0 Å². The van der Waals surface area contributed by atoms with Crippen LogP contribution in [0.25, 0.3) is 0 Å². The van der Waals surface area contributed by atoms with Gasteiger partial charge in [0.25, 0.3) is 11.8 Å². The first-order chi connectivity index (χ1) is 8.41. The van der Waals surface area contributed by atoms with Gasteiger partial charge >= 0.3 is 11.9 Å². The first-order valence-corrected chi connectivity index (χ1v) is 5.34. The minimum absolute atomic E-state index is 0.133. The molecular weight excluding hydrogens is 244 g/mol. The lowest BCUT2D eigenvalue weighted by molar-refractivity contribution is -0.156. The van der Waals surface area contributed by atoms with Crippen molar-refractivity contribution in [3.05, 3.63) is 0 Å². The van der Waals surface area contributed by atoms with Crippen LogP contribution in [0.4, 0.5) is 0 Å². The van der Waals surface area contributed by atoms with E-state index in [1.165, 1.54) is 13.8 Å². The molecule has 0 heterocycles. The van der Waals surface area contributed by atoms with E-state index in [0.717, 1.165) is 0 Å². The Morgan fingerprint density at radius 3 is 1.39 bits per heavy atom. The zero-order valence-corrected chi connectivity index (χ0v) is 10.3. The standard InChI is InChI=1S/C10H16N2O6/c1-7(13)17-11-9(15)5-3-4-6-10(16)12-18-8(2)14/h3-6H2,1-2H3,(H,11,15)(H,12,16). The molecule has 0 unspecified atom stereocenters. The molecule has 8 nitrogen and oxygen atoms in total. The second-order valence-electron chi connectivity index (χ2n) is 3.44. The molecule has 18 heavy (non-hydrogen) atoms. The molecule has 2 N–H and O–H groups in total. The maximum atomic E-state index is 11.0. The fourth-order valence-corrected chi connectivity index (χ4v) is 0.931. The van der Waals surface area contributed by atoms with E-state index < -0.39 is 23.8 Å². The van der Waals surface area contributed by atoms with Crippen LogP contribution >= 0.6 is 0 Å². The van der Waals surface area contributed by atoms with Crippen molar-refractivity contribution in [1.29, 1.82) is 0 Å². The highest BCUT2D eigenvalue weighted by Gasteiger charge is 2.06. The summed E-state index contributed by atoms with van der Waals surface area (Å²) >= 11 is 0. The molecule has 0 radical (unpaired) electrons. The average molecular weight is 260 g/mol. The molecule has 0 spiro atoms. The van der Waals surface area contributed by atoms with E-state index >= 15 is 0 Å². The van der Waals surface area contributed by atoms with Gasteiger partial charge in [-0.1, -0.05) is 0 Å². The zero-order valence-electron chi connectivity index (χ0n) is 10.3. The van der Waals surface area contributed by atoms with Crippen LogP contribution in [0.3, 0.4) is 0 Å². The lowest BCUT2D eigenvalue weighted by atomic mass is 10.2. The molecule has 8 heteroatoms. The highest BCUT2D eigenvalue weighted by molar-refractivity contribution is 5.78. The van der Waals surface area contributed by atoms with Crippen LogP contribution in [0.2, 0.25) is 0 Å². The van der Waals surface area contributed by atoms with Crippen molar-refractivity contribution in [2.75, 3.05) is 0 Å². The average Bonchev–Trinajstić information content (AvgIpc) is 2.29. The smallest absolute Gasteiger partial charge is 0.329 e. The third-order valence-corrected chi connectivity index (χ3v) is 1.67. The fraction of sp³-hybridized carbons (Fsp3) is 0.600. The minimum atomic E-state index is -0.607. The second-order valence-corrected chi connectivity index (χ2v) is 3.44. The Kier molecular flexibility index (Phi) is 7.91. The summed E-state index contributed by atoms with van der Waals surface area (Å²) in [5, 5.41) is 0. The topological polar surface area (TPSA) is 111 Å². The van der Waals surface area contributed by atoms with Gasteiger partial charge in [0, 0.05) is 26.7 Å². The minimum Gasteiger partial charge on any atom is -0.341 e. The van der Waals surface area contributed by atoms with Crippen molar-refractivity contribution in [3.8, 4) is 0 Å². The molecule has 0 fully saturated rings. The molecule has 0 rings (SSSR count). The van der Waals surface area contributed by atoms with Gasteiger partial charge in [-0.15, -0.1) is 0 Å². The largest absolute Gasteiger partial charge is 0.341 e. The van der Waals surface area contributed by atoms with E-state index in [9.17, 15) is 19.2 Å². The predicted octanol–water partition coefficient (Wildman–Crippen LogP) is -0.265. The first-order valence-electron chi connectivity index (χ1n) is 5.34. The number of carbonyl (C=O) groups is 4. The van der Waals surface area contributed by atoms with Crippen molar-refractivity contribution in [2.45, 2.75) is 39.5 Å². The third-order valence-electron chi connectivity index (χ3n) is 1.67. The summed E-state index contributed by atoms with van der Waals surface area (Å²) in [6.07, 6.45) is 1.16. The van der Waals surface area contributed by atoms with Crippen LogP contribution in [0.1, 0.15) is 39.5 Å². The van der Waals surface area contributed by atoms with Crippen LogP contribution in [0, 0.1) is 0 Å². The lowest BCUT2D eigenvalue weighted by Crippen LogP contribution is -2.26. The van der Waals surface area contributed by atoms with E-state index in [2.05, 4.69) is 9.68 Å². The molecule has 102 valence electrons. The van der Waals surface area contributed by atoms with Gasteiger partial charge < -0.3 is 9.68 Å². The Labute approximate surface area is 104 Å². The molecule has 0 aliphatic heterocycles. The summed E-state index contributed by atoms with van der Waals surface area (Å²) < 4.78 is 0. The molecule has 0 aliphatic rings. The number of hydrogen-bond acceptors (Lipinski definition) is 6. The third kappa shape index (κ3) is 10.4. The molecule has 0 aromatic rings. The van der Waals surface area contributed by atoms with Crippen LogP contribution in [0.15, 0.2) is 0 Å². The monoisotopic (exact) mass is 260 g/mol. The van der Waals surface area contributed by atoms with Crippen molar-refractivity contribution < 1.29 is 28.9 Å². The molecule has 0 atom stereocenters. The molecule has 0 aromatic carbocycles. The van der Waals surface area contributed by atoms with E-state index in [1.54, 1.807) is 0 Å². The van der Waals surface area contributed by atoms with Crippen LogP contribution in [-0.2, 0) is 28.9 Å².